The van der Waals surface area contributed by atoms with Gasteiger partial charge in [0.1, 0.15) is 69.8 Å². The van der Waals surface area contributed by atoms with E-state index in [2.05, 4.69) is 0 Å². The van der Waals surface area contributed by atoms with E-state index in [9.17, 15) is 0 Å². The van der Waals surface area contributed by atoms with Crippen molar-refractivity contribution in [3.63, 3.8) is 0 Å². The molecule has 12 aromatic carbocycles. The number of halogens is 52. The molecule has 12 aromatic rings. The molecular weight excluding hydrogens is 1860 g/mol. The van der Waals surface area contributed by atoms with Crippen molar-refractivity contribution < 1.29 is 228 Å². The average Bonchev–Trinajstić information content (AvgIpc) is 0.663. The zero-order chi connectivity index (χ0) is 94.1. The first-order chi connectivity index (χ1) is 57.8. The Bertz CT molecular complexity index is 5540. The van der Waals surface area contributed by atoms with E-state index in [1.54, 1.807) is 0 Å². The zero-order valence-electron chi connectivity index (χ0n) is 56.2. The Morgan fingerprint density at radius 1 is 0.0640 bits per heavy atom. The highest BCUT2D eigenvalue weighted by atomic mass is 19.2. The largest absolute Gasteiger partial charge is 0.206 e. The molecule has 656 valence electrons. The van der Waals surface area contributed by atoms with Crippen molar-refractivity contribution in [3.05, 3.63) is 325 Å². The predicted octanol–water partition coefficient (Wildman–Crippen LogP) is 26.6. The molecule has 0 N–H and O–H groups in total. The van der Waals surface area contributed by atoms with Gasteiger partial charge in [-0.25, -0.2) is 228 Å². The van der Waals surface area contributed by atoms with Crippen LogP contribution in [-0.4, -0.2) is 0 Å². The molecule has 12 rings (SSSR count). The van der Waals surface area contributed by atoms with Crippen molar-refractivity contribution in [2.45, 2.75) is 5.41 Å². The van der Waals surface area contributed by atoms with Crippen LogP contribution in [0.5, 0.6) is 0 Å². The van der Waals surface area contributed by atoms with E-state index < -0.39 is 419 Å². The quantitative estimate of drug-likeness (QED) is 0.0495. The molecule has 0 heterocycles. The fourth-order valence-electron chi connectivity index (χ4n) is 13.1. The van der Waals surface area contributed by atoms with Gasteiger partial charge in [0.05, 0.1) is 94.4 Å². The Hall–Kier alpha value is -13.0. The second kappa shape index (κ2) is 30.7. The molecule has 0 amide bonds. The van der Waals surface area contributed by atoms with E-state index in [1.165, 1.54) is 0 Å². The highest BCUT2D eigenvalue weighted by molar-refractivity contribution is 5.89. The van der Waals surface area contributed by atoms with E-state index in [4.69, 9.17) is 0 Å². The molecule has 0 aliphatic carbocycles. The third-order valence-electron chi connectivity index (χ3n) is 18.4. The predicted molar refractivity (Wildman–Crippen MR) is 306 cm³/mol. The second-order valence-corrected chi connectivity index (χ2v) is 24.6. The smallest absolute Gasteiger partial charge is 0.200 e. The highest BCUT2D eigenvalue weighted by Gasteiger charge is 2.61. The fraction of sp³-hybridized carbons (Fsp3) is 0.0137. The Kier molecular flexibility index (Phi) is 22.4. The van der Waals surface area contributed by atoms with Gasteiger partial charge < -0.3 is 0 Å². The van der Waals surface area contributed by atoms with Crippen LogP contribution in [0.4, 0.5) is 228 Å². The Morgan fingerprint density at radius 3 is 0.192 bits per heavy atom. The lowest BCUT2D eigenvalue weighted by Gasteiger charge is -2.41. The molecule has 0 aromatic heterocycles. The van der Waals surface area contributed by atoms with Crippen LogP contribution in [0.25, 0.3) is 89.0 Å². The topological polar surface area (TPSA) is 0 Å². The summed E-state index contributed by atoms with van der Waals surface area (Å²) in [6.45, 7) is 0. The van der Waals surface area contributed by atoms with Crippen LogP contribution in [0.15, 0.2) is 0 Å². The first-order valence-corrected chi connectivity index (χ1v) is 30.8. The standard InChI is InChI=1S/C73F52/c74-21-1(9-33(86)49(102)65(118)50(103)34(9)87)25(78)17(26(79)2(21)10-35(88)51(104)66(119)52(105)36(10)89)73(18-27(80)3(11-37(90)53(106)67(120)54(107)38(11)91)22(75)4(28(18)81)12-39(92)55(108)68(121)56(109)40(12)93,19-29(82)5(13-41(94)57(110)69(122)58(111)42(13)95)23(76)6(30(19)83)14-43(96)59(112)70(123)60(113)44(14)97)20-31(84)7(15-45(98)61(114)71(124)62(115)46(15)99)24(77)8(32(20)85)16-47(100)63(116)72(125)64(117)48(16)101. The molecule has 0 bridgehead atoms. The minimum atomic E-state index is -9.00. The lowest BCUT2D eigenvalue weighted by atomic mass is 9.60. The highest BCUT2D eigenvalue weighted by Crippen LogP contribution is 2.63. The van der Waals surface area contributed by atoms with Gasteiger partial charge in [-0.2, -0.15) is 0 Å². The van der Waals surface area contributed by atoms with E-state index in [0.717, 1.165) is 0 Å². The van der Waals surface area contributed by atoms with Crippen LogP contribution < -0.4 is 0 Å². The number of hydrogen-bond donors (Lipinski definition) is 0. The van der Waals surface area contributed by atoms with E-state index in [1.807, 2.05) is 0 Å². The van der Waals surface area contributed by atoms with Gasteiger partial charge in [0.25, 0.3) is 0 Å². The van der Waals surface area contributed by atoms with Crippen molar-refractivity contribution in [2.24, 2.45) is 0 Å². The third-order valence-corrected chi connectivity index (χ3v) is 18.4. The van der Waals surface area contributed by atoms with Gasteiger partial charge in [0.15, 0.2) is 186 Å². The molecule has 0 radical (unpaired) electrons. The summed E-state index contributed by atoms with van der Waals surface area (Å²) in [6.07, 6.45) is 0. The molecule has 0 aliphatic heterocycles. The van der Waals surface area contributed by atoms with Crippen molar-refractivity contribution in [2.75, 3.05) is 0 Å². The molecule has 0 fully saturated rings. The van der Waals surface area contributed by atoms with Gasteiger partial charge in [-0.1, -0.05) is 0 Å². The minimum Gasteiger partial charge on any atom is -0.206 e. The molecule has 0 spiro atoms. The van der Waals surface area contributed by atoms with Crippen molar-refractivity contribution >= 4 is 0 Å². The van der Waals surface area contributed by atoms with Crippen molar-refractivity contribution in [1.29, 1.82) is 0 Å². The Labute approximate surface area is 646 Å². The summed E-state index contributed by atoms with van der Waals surface area (Å²) >= 11 is 0. The monoisotopic (exact) mass is 1860 g/mol. The minimum absolute atomic E-state index is 4.02. The summed E-state index contributed by atoms with van der Waals surface area (Å²) in [5.41, 5.74) is -106. The van der Waals surface area contributed by atoms with Crippen LogP contribution in [-0.2, 0) is 5.41 Å². The molecule has 0 unspecified atom stereocenters. The number of benzene rings is 12. The lowest BCUT2D eigenvalue weighted by Crippen LogP contribution is -2.41. The van der Waals surface area contributed by atoms with Crippen LogP contribution in [0.1, 0.15) is 22.3 Å². The summed E-state index contributed by atoms with van der Waals surface area (Å²) in [5.74, 6) is -236. The zero-order valence-corrected chi connectivity index (χ0v) is 56.2. The summed E-state index contributed by atoms with van der Waals surface area (Å²) in [7, 11) is 0. The van der Waals surface area contributed by atoms with Crippen LogP contribution >= 0.6 is 0 Å². The molecular formula is C73F52. The Morgan fingerprint density at radius 2 is 0.120 bits per heavy atom. The lowest BCUT2D eigenvalue weighted by molar-refractivity contribution is 0.375. The van der Waals surface area contributed by atoms with E-state index in [0.29, 0.717) is 0 Å². The first-order valence-electron chi connectivity index (χ1n) is 30.8. The van der Waals surface area contributed by atoms with Gasteiger partial charge >= 0.3 is 0 Å². The summed E-state index contributed by atoms with van der Waals surface area (Å²) in [4.78, 5) is 0. The van der Waals surface area contributed by atoms with Gasteiger partial charge in [-0.3, -0.25) is 0 Å². The van der Waals surface area contributed by atoms with Crippen molar-refractivity contribution in [3.8, 4) is 89.0 Å². The maximum atomic E-state index is 20.0. The van der Waals surface area contributed by atoms with Crippen molar-refractivity contribution in [1.82, 2.24) is 0 Å². The van der Waals surface area contributed by atoms with Gasteiger partial charge in [0, 0.05) is 22.3 Å². The van der Waals surface area contributed by atoms with Crippen LogP contribution in [0, 0.1) is 302 Å². The fourth-order valence-corrected chi connectivity index (χ4v) is 13.1. The number of hydrogen-bond acceptors (Lipinski definition) is 0. The van der Waals surface area contributed by atoms with E-state index >= 15 is 228 Å². The van der Waals surface area contributed by atoms with Crippen LogP contribution in [0.3, 0.4) is 0 Å². The maximum Gasteiger partial charge on any atom is 0.200 e. The molecule has 0 aliphatic rings. The second-order valence-electron chi connectivity index (χ2n) is 24.6. The maximum absolute atomic E-state index is 20.0. The molecule has 0 atom stereocenters. The SMILES string of the molecule is Fc1c(F)c(F)c(-c2c(F)c(-c3c(F)c(F)c(F)c(F)c3F)c(F)c(C(c3c(F)c(-c4c(F)c(F)c(F)c(F)c4F)c(F)c(-c4c(F)c(F)c(F)c(F)c4F)c3F)(c3c(F)c(-c4c(F)c(F)c(F)c(F)c4F)c(F)c(-c4c(F)c(F)c(F)c(F)c4F)c3F)c3c(F)c(-c4c(F)c(F)c(F)c(F)c4F)c(F)c(-c4c(F)c(F)c(F)c(F)c4F)c3F)c2F)c(F)c1F. The third kappa shape index (κ3) is 12.0. The summed E-state index contributed by atoms with van der Waals surface area (Å²) in [6, 6.07) is 0. The molecule has 125 heavy (non-hydrogen) atoms. The normalized spacial score (nSPS) is 12.0. The van der Waals surface area contributed by atoms with Gasteiger partial charge in [-0.05, 0) is 0 Å². The molecule has 0 saturated heterocycles. The van der Waals surface area contributed by atoms with E-state index in [-0.39, 0.29) is 0 Å². The molecule has 0 nitrogen and oxygen atoms in total. The molecule has 52 heteroatoms. The average molecular weight is 1860 g/mol. The Balaban J connectivity index is 1.73. The van der Waals surface area contributed by atoms with Crippen LogP contribution in [0.2, 0.25) is 0 Å². The first kappa shape index (κ1) is 91.2. The van der Waals surface area contributed by atoms with Gasteiger partial charge in [0.2, 0.25) is 46.5 Å². The summed E-state index contributed by atoms with van der Waals surface area (Å²) < 4.78 is 879. The van der Waals surface area contributed by atoms with Gasteiger partial charge in [-0.15, -0.1) is 0 Å². The molecule has 0 saturated carbocycles. The summed E-state index contributed by atoms with van der Waals surface area (Å²) in [5, 5.41) is 0. The number of rotatable bonds is 12.